The highest BCUT2D eigenvalue weighted by Gasteiger charge is 2.36. The molecule has 1 aliphatic rings. The molecule has 0 bridgehead atoms. The van der Waals surface area contributed by atoms with Crippen LogP contribution in [0.1, 0.15) is 50.9 Å². The third-order valence-corrected chi connectivity index (χ3v) is 8.69. The van der Waals surface area contributed by atoms with Gasteiger partial charge in [0, 0.05) is 28.0 Å². The maximum atomic E-state index is 13.6. The van der Waals surface area contributed by atoms with Crippen molar-refractivity contribution in [2.45, 2.75) is 55.7 Å². The van der Waals surface area contributed by atoms with E-state index in [0.29, 0.717) is 11.9 Å². The predicted octanol–water partition coefficient (Wildman–Crippen LogP) is 4.31. The Morgan fingerprint density at radius 1 is 1.07 bits per heavy atom. The number of hydrogen-bond donors (Lipinski definition) is 1. The normalized spacial score (nSPS) is 18.6. The molecule has 7 heteroatoms. The average Bonchev–Trinajstić information content (AvgIpc) is 3.04. The predicted molar refractivity (Wildman–Crippen MR) is 118 cm³/mol. The zero-order chi connectivity index (χ0) is 20.8. The number of nitrogens with zero attached hydrogens (tertiary/aromatic N) is 1. The Labute approximate surface area is 175 Å². The Bertz CT molecular complexity index is 1130. The SMILES string of the molecule is CC(C)(C)[S@@+]([O-])N[C@@H]1CCCc2c1c1ccccc1n2S(=O)(=O)c1ccccc1. The lowest BCUT2D eigenvalue weighted by Gasteiger charge is -2.30. The van der Waals surface area contributed by atoms with Crippen LogP contribution in [-0.2, 0) is 27.8 Å². The van der Waals surface area contributed by atoms with Crippen molar-refractivity contribution in [3.8, 4) is 0 Å². The second-order valence-electron chi connectivity index (χ2n) is 8.40. The van der Waals surface area contributed by atoms with Crippen molar-refractivity contribution < 1.29 is 13.0 Å². The summed E-state index contributed by atoms with van der Waals surface area (Å²) in [5.74, 6) is 0. The number of nitrogens with one attached hydrogen (secondary N) is 1. The second-order valence-corrected chi connectivity index (χ2v) is 12.2. The van der Waals surface area contributed by atoms with Gasteiger partial charge in [0.05, 0.1) is 16.5 Å². The molecule has 0 saturated heterocycles. The van der Waals surface area contributed by atoms with E-state index in [1.807, 2.05) is 51.1 Å². The Morgan fingerprint density at radius 3 is 2.41 bits per heavy atom. The molecule has 4 rings (SSSR count). The minimum atomic E-state index is -3.73. The lowest BCUT2D eigenvalue weighted by molar-refractivity contribution is 0.488. The van der Waals surface area contributed by atoms with Gasteiger partial charge in [0.2, 0.25) is 0 Å². The first-order valence-corrected chi connectivity index (χ1v) is 12.4. The van der Waals surface area contributed by atoms with Gasteiger partial charge in [-0.1, -0.05) is 36.4 Å². The van der Waals surface area contributed by atoms with Crippen molar-refractivity contribution in [2.75, 3.05) is 0 Å². The molecule has 5 nitrogen and oxygen atoms in total. The fourth-order valence-electron chi connectivity index (χ4n) is 3.93. The Kier molecular flexibility index (Phi) is 5.27. The summed E-state index contributed by atoms with van der Waals surface area (Å²) in [6.07, 6.45) is 2.34. The monoisotopic (exact) mass is 430 g/mol. The summed E-state index contributed by atoms with van der Waals surface area (Å²) in [7, 11) is -3.73. The van der Waals surface area contributed by atoms with Crippen LogP contribution in [0.5, 0.6) is 0 Å². The molecule has 1 aromatic heterocycles. The first-order valence-electron chi connectivity index (χ1n) is 9.82. The molecule has 0 radical (unpaired) electrons. The van der Waals surface area contributed by atoms with E-state index in [1.165, 1.54) is 3.97 Å². The molecule has 0 aliphatic heterocycles. The molecular formula is C22H26N2O3S2. The Hall–Kier alpha value is -1.80. The van der Waals surface area contributed by atoms with Crippen LogP contribution < -0.4 is 4.72 Å². The van der Waals surface area contributed by atoms with Gasteiger partial charge < -0.3 is 4.55 Å². The van der Waals surface area contributed by atoms with E-state index in [4.69, 9.17) is 0 Å². The van der Waals surface area contributed by atoms with E-state index in [-0.39, 0.29) is 10.9 Å². The van der Waals surface area contributed by atoms with Gasteiger partial charge in [-0.25, -0.2) is 12.4 Å². The molecule has 29 heavy (non-hydrogen) atoms. The molecule has 0 fully saturated rings. The quantitative estimate of drug-likeness (QED) is 0.626. The summed E-state index contributed by atoms with van der Waals surface area (Å²) in [5.41, 5.74) is 2.44. The number of benzene rings is 2. The minimum absolute atomic E-state index is 0.143. The maximum absolute atomic E-state index is 13.6. The zero-order valence-electron chi connectivity index (χ0n) is 16.9. The lowest BCUT2D eigenvalue weighted by atomic mass is 9.91. The standard InChI is InChI=1S/C22H26N2O3S2/c1-22(2,3)28(25)23-18-13-9-15-20-21(18)17-12-7-8-14-19(17)24(20)29(26,27)16-10-5-4-6-11-16/h4-8,10-12,14,18,23H,9,13,15H2,1-3H3/t18-,28-/m1/s1. The molecule has 0 unspecified atom stereocenters. The zero-order valence-corrected chi connectivity index (χ0v) is 18.5. The highest BCUT2D eigenvalue weighted by Crippen LogP contribution is 2.40. The lowest BCUT2D eigenvalue weighted by Crippen LogP contribution is -2.42. The van der Waals surface area contributed by atoms with E-state index >= 15 is 0 Å². The second kappa shape index (κ2) is 7.47. The third-order valence-electron chi connectivity index (χ3n) is 5.31. The molecule has 154 valence electrons. The smallest absolute Gasteiger partial charge is 0.268 e. The summed E-state index contributed by atoms with van der Waals surface area (Å²) >= 11 is -1.24. The van der Waals surface area contributed by atoms with Gasteiger partial charge in [-0.15, -0.1) is 4.72 Å². The van der Waals surface area contributed by atoms with E-state index < -0.39 is 26.1 Å². The molecule has 1 aliphatic carbocycles. The minimum Gasteiger partial charge on any atom is -0.598 e. The number of para-hydroxylation sites is 1. The first kappa shape index (κ1) is 20.5. The third kappa shape index (κ3) is 3.61. The first-order chi connectivity index (χ1) is 13.7. The van der Waals surface area contributed by atoms with Crippen LogP contribution in [0.2, 0.25) is 0 Å². The van der Waals surface area contributed by atoms with Crippen LogP contribution >= 0.6 is 0 Å². The van der Waals surface area contributed by atoms with Crippen LogP contribution in [0.15, 0.2) is 59.5 Å². The number of hydrogen-bond acceptors (Lipinski definition) is 4. The number of fused-ring (bicyclic) bond motifs is 3. The van der Waals surface area contributed by atoms with Crippen LogP contribution in [0, 0.1) is 0 Å². The summed E-state index contributed by atoms with van der Waals surface area (Å²) < 4.78 is 44.3. The van der Waals surface area contributed by atoms with Gasteiger partial charge in [-0.3, -0.25) is 0 Å². The molecule has 1 N–H and O–H groups in total. The fourth-order valence-corrected chi connectivity index (χ4v) is 6.39. The van der Waals surface area contributed by atoms with Crippen LogP contribution in [0.3, 0.4) is 0 Å². The summed E-state index contributed by atoms with van der Waals surface area (Å²) in [6.45, 7) is 5.80. The fraction of sp³-hybridized carbons (Fsp3) is 0.364. The molecule has 2 aromatic carbocycles. The molecule has 0 spiro atoms. The van der Waals surface area contributed by atoms with Gasteiger partial charge >= 0.3 is 0 Å². The summed E-state index contributed by atoms with van der Waals surface area (Å²) in [4.78, 5) is 0.275. The van der Waals surface area contributed by atoms with Crippen LogP contribution in [-0.4, -0.2) is 21.7 Å². The molecule has 0 saturated carbocycles. The Morgan fingerprint density at radius 2 is 1.72 bits per heavy atom. The van der Waals surface area contributed by atoms with Crippen LogP contribution in [0.25, 0.3) is 10.9 Å². The average molecular weight is 431 g/mol. The maximum Gasteiger partial charge on any atom is 0.268 e. The van der Waals surface area contributed by atoms with Gasteiger partial charge in [-0.2, -0.15) is 0 Å². The van der Waals surface area contributed by atoms with Crippen molar-refractivity contribution in [1.29, 1.82) is 0 Å². The Balaban J connectivity index is 1.91. The van der Waals surface area contributed by atoms with Crippen molar-refractivity contribution >= 4 is 32.3 Å². The van der Waals surface area contributed by atoms with E-state index in [1.54, 1.807) is 24.3 Å². The molecular weight excluding hydrogens is 404 g/mol. The molecule has 0 amide bonds. The van der Waals surface area contributed by atoms with Crippen molar-refractivity contribution in [1.82, 2.24) is 8.69 Å². The highest BCUT2D eigenvalue weighted by atomic mass is 32.2. The van der Waals surface area contributed by atoms with Gasteiger partial charge in [0.25, 0.3) is 10.0 Å². The molecule has 1 heterocycles. The van der Waals surface area contributed by atoms with Gasteiger partial charge in [0.1, 0.15) is 4.75 Å². The summed E-state index contributed by atoms with van der Waals surface area (Å²) in [5, 5.41) is 0.908. The van der Waals surface area contributed by atoms with Crippen molar-refractivity contribution in [3.05, 3.63) is 65.9 Å². The largest absolute Gasteiger partial charge is 0.598 e. The van der Waals surface area contributed by atoms with Crippen molar-refractivity contribution in [3.63, 3.8) is 0 Å². The topological polar surface area (TPSA) is 74.2 Å². The molecule has 3 aromatic rings. The van der Waals surface area contributed by atoms with Gasteiger partial charge in [-0.05, 0) is 58.2 Å². The summed E-state index contributed by atoms with van der Waals surface area (Å²) in [6, 6.07) is 16.0. The molecule has 2 atom stereocenters. The number of rotatable bonds is 4. The van der Waals surface area contributed by atoms with E-state index in [2.05, 4.69) is 4.72 Å². The van der Waals surface area contributed by atoms with Crippen molar-refractivity contribution in [2.24, 2.45) is 0 Å². The number of aromatic nitrogens is 1. The van der Waals surface area contributed by atoms with E-state index in [9.17, 15) is 13.0 Å². The highest BCUT2D eigenvalue weighted by molar-refractivity contribution is 7.91. The van der Waals surface area contributed by atoms with Crippen LogP contribution in [0.4, 0.5) is 0 Å². The van der Waals surface area contributed by atoms with E-state index in [0.717, 1.165) is 29.5 Å². The van der Waals surface area contributed by atoms with Gasteiger partial charge in [0.15, 0.2) is 0 Å².